The summed E-state index contributed by atoms with van der Waals surface area (Å²) in [5.74, 6) is -1.16. The average molecular weight is 400 g/mol. The minimum Gasteiger partial charge on any atom is -0.478 e. The Labute approximate surface area is 154 Å². The van der Waals surface area contributed by atoms with Gasteiger partial charge in [0.15, 0.2) is 0 Å². The Bertz CT molecular complexity index is 662. The van der Waals surface area contributed by atoms with Gasteiger partial charge < -0.3 is 10.0 Å². The fraction of sp³-hybridized carbons (Fsp3) is 0.571. The summed E-state index contributed by atoms with van der Waals surface area (Å²) in [6, 6.07) is 1.22. The molecule has 0 saturated carbocycles. The summed E-state index contributed by atoms with van der Waals surface area (Å²) >= 11 is 0. The van der Waals surface area contributed by atoms with Crippen LogP contribution in [0.4, 0.5) is 0 Å². The second-order valence-electron chi connectivity index (χ2n) is 5.16. The fourth-order valence-corrected chi connectivity index (χ4v) is 3.91. The summed E-state index contributed by atoms with van der Waals surface area (Å²) < 4.78 is 26.7. The summed E-state index contributed by atoms with van der Waals surface area (Å²) in [4.78, 5) is 17.4. The smallest absolute Gasteiger partial charge is 0.337 e. The quantitative estimate of drug-likeness (QED) is 0.806. The highest BCUT2D eigenvalue weighted by Gasteiger charge is 2.29. The highest BCUT2D eigenvalue weighted by molar-refractivity contribution is 7.89. The van der Waals surface area contributed by atoms with Gasteiger partial charge in [0.25, 0.3) is 0 Å². The summed E-state index contributed by atoms with van der Waals surface area (Å²) in [5, 5.41) is 9.21. The van der Waals surface area contributed by atoms with E-state index in [4.69, 9.17) is 0 Å². The predicted octanol–water partition coefficient (Wildman–Crippen LogP) is 1.51. The lowest BCUT2D eigenvalue weighted by Gasteiger charge is -2.33. The minimum absolute atomic E-state index is 0. The van der Waals surface area contributed by atoms with E-state index in [2.05, 4.69) is 9.88 Å². The molecule has 0 amide bonds. The lowest BCUT2D eigenvalue weighted by atomic mass is 10.1. The SMILES string of the molecule is CCc1ncc(S(=O)(=O)N2CCN(CC)CC2)cc1C(=O)O.Cl.Cl. The number of hydrogen-bond acceptors (Lipinski definition) is 5. The number of pyridine rings is 1. The second kappa shape index (κ2) is 9.53. The zero-order chi connectivity index (χ0) is 16.3. The molecule has 24 heavy (non-hydrogen) atoms. The van der Waals surface area contributed by atoms with Crippen molar-refractivity contribution >= 4 is 40.8 Å². The molecule has 0 radical (unpaired) electrons. The molecule has 1 aromatic rings. The highest BCUT2D eigenvalue weighted by Crippen LogP contribution is 2.20. The number of aryl methyl sites for hydroxylation is 1. The Kier molecular flexibility index (Phi) is 9.16. The lowest BCUT2D eigenvalue weighted by Crippen LogP contribution is -2.48. The molecule has 2 rings (SSSR count). The number of carbonyl (C=O) groups is 1. The van der Waals surface area contributed by atoms with E-state index in [1.165, 1.54) is 16.6 Å². The van der Waals surface area contributed by atoms with E-state index in [1.807, 2.05) is 6.92 Å². The first-order valence-electron chi connectivity index (χ1n) is 7.34. The molecular formula is C14H23Cl2N3O4S. The molecular weight excluding hydrogens is 377 g/mol. The van der Waals surface area contributed by atoms with Gasteiger partial charge in [-0.3, -0.25) is 4.98 Å². The zero-order valence-electron chi connectivity index (χ0n) is 13.6. The van der Waals surface area contributed by atoms with Crippen molar-refractivity contribution in [2.75, 3.05) is 32.7 Å². The van der Waals surface area contributed by atoms with Crippen LogP contribution in [0.1, 0.15) is 29.9 Å². The van der Waals surface area contributed by atoms with Crippen LogP contribution in [0.25, 0.3) is 0 Å². The largest absolute Gasteiger partial charge is 0.478 e. The van der Waals surface area contributed by atoms with Gasteiger partial charge in [-0.05, 0) is 19.0 Å². The van der Waals surface area contributed by atoms with E-state index in [0.29, 0.717) is 38.3 Å². The van der Waals surface area contributed by atoms with Gasteiger partial charge in [-0.1, -0.05) is 13.8 Å². The van der Waals surface area contributed by atoms with Crippen molar-refractivity contribution < 1.29 is 18.3 Å². The van der Waals surface area contributed by atoms with Gasteiger partial charge in [0, 0.05) is 32.4 Å². The lowest BCUT2D eigenvalue weighted by molar-refractivity contribution is 0.0695. The number of rotatable bonds is 5. The molecule has 0 bridgehead atoms. The summed E-state index contributed by atoms with van der Waals surface area (Å²) in [5.41, 5.74) is 0.345. The van der Waals surface area contributed by atoms with Crippen molar-refractivity contribution in [3.63, 3.8) is 0 Å². The van der Waals surface area contributed by atoms with Crippen LogP contribution in [0.15, 0.2) is 17.2 Å². The first-order chi connectivity index (χ1) is 10.4. The maximum Gasteiger partial charge on any atom is 0.337 e. The Morgan fingerprint density at radius 1 is 1.21 bits per heavy atom. The highest BCUT2D eigenvalue weighted by atomic mass is 35.5. The maximum atomic E-state index is 12.6. The van der Waals surface area contributed by atoms with Gasteiger partial charge in [-0.25, -0.2) is 13.2 Å². The van der Waals surface area contributed by atoms with Gasteiger partial charge in [0.2, 0.25) is 10.0 Å². The molecule has 0 spiro atoms. The van der Waals surface area contributed by atoms with E-state index in [0.717, 1.165) is 6.54 Å². The molecule has 0 aromatic carbocycles. The van der Waals surface area contributed by atoms with Crippen LogP contribution in [0.3, 0.4) is 0 Å². The van der Waals surface area contributed by atoms with Crippen molar-refractivity contribution in [2.24, 2.45) is 0 Å². The number of hydrogen-bond donors (Lipinski definition) is 1. The number of carboxylic acid groups (broad SMARTS) is 1. The van der Waals surface area contributed by atoms with Crippen LogP contribution < -0.4 is 0 Å². The number of likely N-dealkylation sites (N-methyl/N-ethyl adjacent to an activating group) is 1. The molecule has 1 aliphatic rings. The Morgan fingerprint density at radius 2 is 1.79 bits per heavy atom. The number of piperazine rings is 1. The molecule has 1 aromatic heterocycles. The Hall–Kier alpha value is -0.930. The fourth-order valence-electron chi connectivity index (χ4n) is 2.52. The molecule has 1 N–H and O–H groups in total. The van der Waals surface area contributed by atoms with Gasteiger partial charge in [-0.15, -0.1) is 24.8 Å². The molecule has 0 aliphatic carbocycles. The number of nitrogens with zero attached hydrogens (tertiary/aromatic N) is 3. The third-order valence-corrected chi connectivity index (χ3v) is 5.79. The topological polar surface area (TPSA) is 90.8 Å². The number of sulfonamides is 1. The summed E-state index contributed by atoms with van der Waals surface area (Å²) in [7, 11) is -3.69. The zero-order valence-corrected chi connectivity index (χ0v) is 16.1. The third kappa shape index (κ3) is 4.80. The standard InChI is InChI=1S/C14H21N3O4S.2ClH/c1-3-13-12(14(18)19)9-11(10-15-13)22(20,21)17-7-5-16(4-2)6-8-17;;/h9-10H,3-8H2,1-2H3,(H,18,19);2*1H. The van der Waals surface area contributed by atoms with Crippen LogP contribution >= 0.6 is 24.8 Å². The molecule has 7 nitrogen and oxygen atoms in total. The molecule has 0 unspecified atom stereocenters. The summed E-state index contributed by atoms with van der Waals surface area (Å²) in [6.45, 7) is 6.90. The predicted molar refractivity (Wildman–Crippen MR) is 95.9 cm³/mol. The van der Waals surface area contributed by atoms with Crippen LogP contribution in [-0.2, 0) is 16.4 Å². The van der Waals surface area contributed by atoms with Gasteiger partial charge in [-0.2, -0.15) is 4.31 Å². The summed E-state index contributed by atoms with van der Waals surface area (Å²) in [6.07, 6.45) is 1.70. The molecule has 1 aliphatic heterocycles. The first-order valence-corrected chi connectivity index (χ1v) is 8.78. The Balaban J connectivity index is 0.00000264. The van der Waals surface area contributed by atoms with Gasteiger partial charge >= 0.3 is 5.97 Å². The molecule has 1 saturated heterocycles. The van der Waals surface area contributed by atoms with Crippen molar-refractivity contribution in [1.29, 1.82) is 0 Å². The maximum absolute atomic E-state index is 12.6. The minimum atomic E-state index is -3.69. The van der Waals surface area contributed by atoms with Gasteiger partial charge in [0.05, 0.1) is 11.3 Å². The normalized spacial score (nSPS) is 16.1. The van der Waals surface area contributed by atoms with E-state index in [-0.39, 0.29) is 35.3 Å². The first kappa shape index (κ1) is 23.1. The number of aromatic nitrogens is 1. The van der Waals surface area contributed by atoms with E-state index in [9.17, 15) is 18.3 Å². The van der Waals surface area contributed by atoms with Crippen LogP contribution in [-0.4, -0.2) is 66.4 Å². The monoisotopic (exact) mass is 399 g/mol. The van der Waals surface area contributed by atoms with E-state index in [1.54, 1.807) is 6.92 Å². The van der Waals surface area contributed by atoms with E-state index < -0.39 is 16.0 Å². The van der Waals surface area contributed by atoms with Crippen molar-refractivity contribution in [3.05, 3.63) is 23.5 Å². The molecule has 10 heteroatoms. The molecule has 138 valence electrons. The average Bonchev–Trinajstić information content (AvgIpc) is 2.54. The van der Waals surface area contributed by atoms with Crippen LogP contribution in [0.2, 0.25) is 0 Å². The van der Waals surface area contributed by atoms with Gasteiger partial charge in [0.1, 0.15) is 4.90 Å². The second-order valence-corrected chi connectivity index (χ2v) is 7.10. The number of halogens is 2. The molecule has 0 atom stereocenters. The number of aromatic carboxylic acids is 1. The van der Waals surface area contributed by atoms with Crippen molar-refractivity contribution in [3.8, 4) is 0 Å². The van der Waals surface area contributed by atoms with Crippen molar-refractivity contribution in [1.82, 2.24) is 14.2 Å². The third-order valence-electron chi connectivity index (χ3n) is 3.93. The Morgan fingerprint density at radius 3 is 2.25 bits per heavy atom. The number of carboxylic acids is 1. The van der Waals surface area contributed by atoms with Crippen LogP contribution in [0.5, 0.6) is 0 Å². The van der Waals surface area contributed by atoms with Crippen molar-refractivity contribution in [2.45, 2.75) is 25.2 Å². The van der Waals surface area contributed by atoms with E-state index >= 15 is 0 Å². The van der Waals surface area contributed by atoms with Crippen LogP contribution in [0, 0.1) is 0 Å². The molecule has 2 heterocycles. The molecule has 1 fully saturated rings.